The third kappa shape index (κ3) is 3.37. The highest BCUT2D eigenvalue weighted by Crippen LogP contribution is 2.18. The minimum Gasteiger partial charge on any atom is -0.271 e. The number of hydrogen-bond acceptors (Lipinski definition) is 6. The first-order valence-corrected chi connectivity index (χ1v) is 7.29. The summed E-state index contributed by atoms with van der Waals surface area (Å²) in [5, 5.41) is 4.63. The molecule has 0 bridgehead atoms. The maximum Gasteiger partial charge on any atom is 0.0929 e. The number of hydrogen-bond donors (Lipinski definition) is 2. The molecule has 1 atom stereocenters. The largest absolute Gasteiger partial charge is 0.271 e. The Balaban J connectivity index is 2.06. The average molecular weight is 280 g/mol. The van der Waals surface area contributed by atoms with E-state index in [1.165, 1.54) is 11.7 Å². The quantitative estimate of drug-likeness (QED) is 0.597. The molecular weight excluding hydrogens is 260 g/mol. The van der Waals surface area contributed by atoms with Crippen LogP contribution in [-0.4, -0.2) is 18.5 Å². The van der Waals surface area contributed by atoms with Crippen LogP contribution in [0.25, 0.3) is 0 Å². The molecule has 2 aromatic heterocycles. The van der Waals surface area contributed by atoms with Gasteiger partial charge in [0, 0.05) is 12.6 Å². The molecule has 7 heteroatoms. The molecule has 0 aliphatic carbocycles. The molecule has 2 rings (SSSR count). The standard InChI is InChI=1S/C12H20N6S/c1-3-10(4-2)18-6-5-9(16-18)7-11(15-13)12-8-14-19-17-12/h5-6,8,10-11,15H,3-4,7,13H2,1-2H3. The SMILES string of the molecule is CCC(CC)n1ccc(CC(NN)c2cnsn2)n1. The van der Waals surface area contributed by atoms with Crippen LogP contribution in [0.1, 0.15) is 50.2 Å². The molecule has 0 aliphatic heterocycles. The summed E-state index contributed by atoms with van der Waals surface area (Å²) in [6.07, 6.45) is 6.68. The van der Waals surface area contributed by atoms with E-state index in [9.17, 15) is 0 Å². The van der Waals surface area contributed by atoms with Gasteiger partial charge in [0.2, 0.25) is 0 Å². The fraction of sp³-hybridized carbons (Fsp3) is 0.583. The summed E-state index contributed by atoms with van der Waals surface area (Å²) in [5.74, 6) is 5.58. The molecule has 2 heterocycles. The lowest BCUT2D eigenvalue weighted by Crippen LogP contribution is -2.30. The molecule has 19 heavy (non-hydrogen) atoms. The molecule has 0 spiro atoms. The molecule has 3 N–H and O–H groups in total. The van der Waals surface area contributed by atoms with Crippen molar-refractivity contribution in [3.8, 4) is 0 Å². The predicted molar refractivity (Wildman–Crippen MR) is 75.5 cm³/mol. The van der Waals surface area contributed by atoms with Crippen LogP contribution < -0.4 is 11.3 Å². The molecule has 2 aromatic rings. The predicted octanol–water partition coefficient (Wildman–Crippen LogP) is 1.84. The van der Waals surface area contributed by atoms with Crippen LogP contribution in [0, 0.1) is 0 Å². The Morgan fingerprint density at radius 2 is 2.21 bits per heavy atom. The monoisotopic (exact) mass is 280 g/mol. The summed E-state index contributed by atoms with van der Waals surface area (Å²) in [6, 6.07) is 2.48. The van der Waals surface area contributed by atoms with Crippen LogP contribution in [-0.2, 0) is 6.42 Å². The van der Waals surface area contributed by atoms with Gasteiger partial charge in [-0.2, -0.15) is 13.8 Å². The summed E-state index contributed by atoms with van der Waals surface area (Å²) in [6.45, 7) is 4.36. The third-order valence-electron chi connectivity index (χ3n) is 3.33. The topological polar surface area (TPSA) is 81.7 Å². The Kier molecular flexibility index (Phi) is 5.00. The van der Waals surface area contributed by atoms with Crippen molar-refractivity contribution in [3.63, 3.8) is 0 Å². The van der Waals surface area contributed by atoms with E-state index < -0.39 is 0 Å². The second kappa shape index (κ2) is 6.74. The van der Waals surface area contributed by atoms with Gasteiger partial charge in [0.15, 0.2) is 0 Å². The second-order valence-corrected chi connectivity index (χ2v) is 5.07. The summed E-state index contributed by atoms with van der Waals surface area (Å²) in [4.78, 5) is 0. The Morgan fingerprint density at radius 3 is 2.79 bits per heavy atom. The zero-order valence-corrected chi connectivity index (χ0v) is 12.1. The van der Waals surface area contributed by atoms with Crippen molar-refractivity contribution < 1.29 is 0 Å². The number of rotatable bonds is 7. The van der Waals surface area contributed by atoms with Gasteiger partial charge in [-0.15, -0.1) is 0 Å². The molecule has 0 radical (unpaired) electrons. The molecular formula is C12H20N6S. The van der Waals surface area contributed by atoms with Gasteiger partial charge in [0.1, 0.15) is 0 Å². The fourth-order valence-electron chi connectivity index (χ4n) is 2.14. The van der Waals surface area contributed by atoms with Crippen LogP contribution >= 0.6 is 11.7 Å². The summed E-state index contributed by atoms with van der Waals surface area (Å²) < 4.78 is 10.3. The van der Waals surface area contributed by atoms with Crippen molar-refractivity contribution in [2.45, 2.75) is 45.2 Å². The first kappa shape index (κ1) is 14.1. The van der Waals surface area contributed by atoms with Crippen LogP contribution in [0.5, 0.6) is 0 Å². The molecule has 0 saturated heterocycles. The number of hydrazine groups is 1. The Bertz CT molecular complexity index is 476. The highest BCUT2D eigenvalue weighted by molar-refractivity contribution is 6.99. The zero-order chi connectivity index (χ0) is 13.7. The molecule has 0 aliphatic rings. The van der Waals surface area contributed by atoms with Gasteiger partial charge in [0.25, 0.3) is 0 Å². The number of nitrogens with two attached hydrogens (primary N) is 1. The minimum absolute atomic E-state index is 0.0381. The van der Waals surface area contributed by atoms with E-state index in [0.29, 0.717) is 6.04 Å². The second-order valence-electron chi connectivity index (χ2n) is 4.51. The van der Waals surface area contributed by atoms with Crippen LogP contribution in [0.3, 0.4) is 0 Å². The van der Waals surface area contributed by atoms with E-state index in [1.54, 1.807) is 6.20 Å². The summed E-state index contributed by atoms with van der Waals surface area (Å²) in [7, 11) is 0. The average Bonchev–Trinajstić information content (AvgIpc) is 3.09. The molecule has 0 fully saturated rings. The lowest BCUT2D eigenvalue weighted by atomic mass is 10.1. The van der Waals surface area contributed by atoms with E-state index in [1.807, 2.05) is 16.9 Å². The molecule has 0 amide bonds. The molecule has 6 nitrogen and oxygen atoms in total. The highest BCUT2D eigenvalue weighted by atomic mass is 32.1. The Morgan fingerprint density at radius 1 is 1.42 bits per heavy atom. The zero-order valence-electron chi connectivity index (χ0n) is 11.3. The van der Waals surface area contributed by atoms with E-state index in [0.717, 1.165) is 30.7 Å². The van der Waals surface area contributed by atoms with Gasteiger partial charge >= 0.3 is 0 Å². The van der Waals surface area contributed by atoms with Gasteiger partial charge in [-0.3, -0.25) is 16.0 Å². The maximum atomic E-state index is 5.58. The van der Waals surface area contributed by atoms with Crippen molar-refractivity contribution in [1.82, 2.24) is 24.0 Å². The highest BCUT2D eigenvalue weighted by Gasteiger charge is 2.16. The number of nitrogens with zero attached hydrogens (tertiary/aromatic N) is 4. The van der Waals surface area contributed by atoms with E-state index in [4.69, 9.17) is 5.84 Å². The van der Waals surface area contributed by atoms with E-state index in [2.05, 4.69) is 33.1 Å². The van der Waals surface area contributed by atoms with Crippen molar-refractivity contribution in [1.29, 1.82) is 0 Å². The molecule has 0 saturated carbocycles. The van der Waals surface area contributed by atoms with Crippen molar-refractivity contribution >= 4 is 11.7 Å². The van der Waals surface area contributed by atoms with Gasteiger partial charge in [-0.05, 0) is 18.9 Å². The lowest BCUT2D eigenvalue weighted by Gasteiger charge is -2.13. The maximum absolute atomic E-state index is 5.58. The van der Waals surface area contributed by atoms with Crippen molar-refractivity contribution in [2.24, 2.45) is 5.84 Å². The first-order chi connectivity index (χ1) is 9.28. The fourth-order valence-corrected chi connectivity index (χ4v) is 2.61. The van der Waals surface area contributed by atoms with Gasteiger partial charge in [-0.1, -0.05) is 13.8 Å². The van der Waals surface area contributed by atoms with E-state index in [-0.39, 0.29) is 6.04 Å². The van der Waals surface area contributed by atoms with E-state index >= 15 is 0 Å². The third-order valence-corrected chi connectivity index (χ3v) is 3.82. The smallest absolute Gasteiger partial charge is 0.0929 e. The van der Waals surface area contributed by atoms with Crippen LogP contribution in [0.2, 0.25) is 0 Å². The first-order valence-electron chi connectivity index (χ1n) is 6.56. The Labute approximate surface area is 117 Å². The number of nitrogens with one attached hydrogen (secondary N) is 1. The lowest BCUT2D eigenvalue weighted by molar-refractivity contribution is 0.422. The van der Waals surface area contributed by atoms with Crippen LogP contribution in [0.4, 0.5) is 0 Å². The van der Waals surface area contributed by atoms with Crippen molar-refractivity contribution in [2.75, 3.05) is 0 Å². The Hall–Kier alpha value is -1.31. The molecule has 104 valence electrons. The van der Waals surface area contributed by atoms with Gasteiger partial charge < -0.3 is 0 Å². The molecule has 0 aromatic carbocycles. The number of aromatic nitrogens is 4. The summed E-state index contributed by atoms with van der Waals surface area (Å²) in [5.41, 5.74) is 4.66. The molecule has 1 unspecified atom stereocenters. The summed E-state index contributed by atoms with van der Waals surface area (Å²) >= 11 is 1.19. The van der Waals surface area contributed by atoms with Gasteiger partial charge in [0.05, 0.1) is 41.4 Å². The van der Waals surface area contributed by atoms with Crippen LogP contribution in [0.15, 0.2) is 18.5 Å². The minimum atomic E-state index is -0.0381. The normalized spacial score (nSPS) is 13.1. The van der Waals surface area contributed by atoms with Gasteiger partial charge in [-0.25, -0.2) is 0 Å². The van der Waals surface area contributed by atoms with Crippen molar-refractivity contribution in [3.05, 3.63) is 29.8 Å².